The maximum atomic E-state index is 11.4. The summed E-state index contributed by atoms with van der Waals surface area (Å²) in [5.41, 5.74) is -0.632. The first kappa shape index (κ1) is 14.8. The zero-order chi connectivity index (χ0) is 14.6. The Labute approximate surface area is 118 Å². The molecular formula is C12H19ClN2O3S. The summed E-state index contributed by atoms with van der Waals surface area (Å²) in [5, 5.41) is -0.104. The van der Waals surface area contributed by atoms with Crippen molar-refractivity contribution in [3.05, 3.63) is 12.0 Å². The molecule has 0 N–H and O–H groups in total. The minimum Gasteiger partial charge on any atom is -0.367 e. The van der Waals surface area contributed by atoms with Crippen molar-refractivity contribution < 1.29 is 13.2 Å². The van der Waals surface area contributed by atoms with Crippen LogP contribution in [-0.2, 0) is 13.8 Å². The molecule has 0 bridgehead atoms. The summed E-state index contributed by atoms with van der Waals surface area (Å²) in [6.45, 7) is 9.83. The maximum Gasteiger partial charge on any atom is 0.280 e. The number of ether oxygens (including phenoxy) is 1. The van der Waals surface area contributed by atoms with E-state index in [1.54, 1.807) is 6.92 Å². The second-order valence-electron chi connectivity index (χ2n) is 6.16. The van der Waals surface area contributed by atoms with Crippen LogP contribution in [0.1, 0.15) is 46.0 Å². The van der Waals surface area contributed by atoms with Crippen molar-refractivity contribution in [2.24, 2.45) is 0 Å². The zero-order valence-corrected chi connectivity index (χ0v) is 13.3. The maximum absolute atomic E-state index is 11.4. The van der Waals surface area contributed by atoms with Crippen molar-refractivity contribution in [2.75, 3.05) is 0 Å². The van der Waals surface area contributed by atoms with E-state index in [-0.39, 0.29) is 22.3 Å². The van der Waals surface area contributed by atoms with Gasteiger partial charge < -0.3 is 9.30 Å². The van der Waals surface area contributed by atoms with Gasteiger partial charge in [-0.05, 0) is 41.0 Å². The fourth-order valence-electron chi connectivity index (χ4n) is 2.86. The topological polar surface area (TPSA) is 61.2 Å². The van der Waals surface area contributed by atoms with Crippen LogP contribution in [0.3, 0.4) is 0 Å². The Morgan fingerprint density at radius 2 is 2.00 bits per heavy atom. The fraction of sp³-hybridized carbons (Fsp3) is 0.750. The molecule has 7 heteroatoms. The molecule has 108 valence electrons. The van der Waals surface area contributed by atoms with Gasteiger partial charge in [-0.1, -0.05) is 0 Å². The summed E-state index contributed by atoms with van der Waals surface area (Å²) in [6.07, 6.45) is 2.29. The van der Waals surface area contributed by atoms with E-state index in [0.717, 1.165) is 6.42 Å². The zero-order valence-electron chi connectivity index (χ0n) is 11.8. The lowest BCUT2D eigenvalue weighted by molar-refractivity contribution is -0.0730. The van der Waals surface area contributed by atoms with Crippen LogP contribution in [0.5, 0.6) is 0 Å². The van der Waals surface area contributed by atoms with E-state index in [1.165, 1.54) is 6.20 Å². The van der Waals surface area contributed by atoms with E-state index < -0.39 is 9.05 Å². The van der Waals surface area contributed by atoms with E-state index in [2.05, 4.69) is 4.98 Å². The molecular weight excluding hydrogens is 288 g/mol. The molecule has 1 aliphatic heterocycles. The van der Waals surface area contributed by atoms with Crippen LogP contribution in [-0.4, -0.2) is 29.2 Å². The van der Waals surface area contributed by atoms with Crippen molar-refractivity contribution in [3.63, 3.8) is 0 Å². The molecule has 5 nitrogen and oxygen atoms in total. The second kappa shape index (κ2) is 4.20. The number of rotatable bonds is 2. The molecule has 1 saturated heterocycles. The summed E-state index contributed by atoms with van der Waals surface area (Å²) >= 11 is 0. The first-order chi connectivity index (χ1) is 8.42. The summed E-state index contributed by atoms with van der Waals surface area (Å²) < 4.78 is 30.6. The predicted octanol–water partition coefficient (Wildman–Crippen LogP) is 2.64. The third kappa shape index (κ3) is 2.80. The number of aryl methyl sites for hydroxylation is 1. The third-order valence-corrected chi connectivity index (χ3v) is 4.68. The molecule has 0 spiro atoms. The summed E-state index contributed by atoms with van der Waals surface area (Å²) in [7, 11) is 1.54. The van der Waals surface area contributed by atoms with Crippen LogP contribution >= 0.6 is 10.7 Å². The van der Waals surface area contributed by atoms with E-state index in [1.807, 2.05) is 32.3 Å². The molecule has 1 aromatic heterocycles. The molecule has 1 aromatic rings. The van der Waals surface area contributed by atoms with Gasteiger partial charge in [-0.25, -0.2) is 13.4 Å². The quantitative estimate of drug-likeness (QED) is 0.788. The Morgan fingerprint density at radius 1 is 1.42 bits per heavy atom. The number of halogens is 1. The van der Waals surface area contributed by atoms with Crippen molar-refractivity contribution in [1.82, 2.24) is 9.55 Å². The molecule has 1 aliphatic rings. The molecule has 0 aromatic carbocycles. The average Bonchev–Trinajstić information content (AvgIpc) is 2.62. The lowest BCUT2D eigenvalue weighted by Gasteiger charge is -2.28. The second-order valence-corrected chi connectivity index (χ2v) is 8.67. The molecule has 2 rings (SSSR count). The highest BCUT2D eigenvalue weighted by atomic mass is 35.7. The van der Waals surface area contributed by atoms with E-state index in [0.29, 0.717) is 5.82 Å². The van der Waals surface area contributed by atoms with Crippen LogP contribution in [0.2, 0.25) is 0 Å². The molecule has 1 atom stereocenters. The first-order valence-corrected chi connectivity index (χ1v) is 8.44. The number of aromatic nitrogens is 2. The largest absolute Gasteiger partial charge is 0.367 e. The lowest BCUT2D eigenvalue weighted by Crippen LogP contribution is -2.31. The summed E-state index contributed by atoms with van der Waals surface area (Å²) in [4.78, 5) is 4.03. The van der Waals surface area contributed by atoms with Crippen LogP contribution in [0.15, 0.2) is 11.2 Å². The molecule has 2 heterocycles. The van der Waals surface area contributed by atoms with Crippen LogP contribution < -0.4 is 0 Å². The summed E-state index contributed by atoms with van der Waals surface area (Å²) in [5.74, 6) is 0.624. The Hall–Kier alpha value is -0.590. The molecule has 0 amide bonds. The monoisotopic (exact) mass is 306 g/mol. The van der Waals surface area contributed by atoms with Crippen LogP contribution in [0, 0.1) is 6.92 Å². The van der Waals surface area contributed by atoms with Crippen LogP contribution in [0.4, 0.5) is 0 Å². The highest BCUT2D eigenvalue weighted by molar-refractivity contribution is 8.13. The van der Waals surface area contributed by atoms with Crippen molar-refractivity contribution in [2.45, 2.75) is 63.3 Å². The lowest BCUT2D eigenvalue weighted by atomic mass is 9.94. The minimum atomic E-state index is -3.80. The molecule has 1 fully saturated rings. The third-order valence-electron chi connectivity index (χ3n) is 3.51. The number of imidazole rings is 1. The number of nitrogens with zero attached hydrogens (tertiary/aromatic N) is 2. The number of hydrogen-bond donors (Lipinski definition) is 0. The van der Waals surface area contributed by atoms with Crippen molar-refractivity contribution in [3.8, 4) is 0 Å². The van der Waals surface area contributed by atoms with Gasteiger partial charge in [0.05, 0.1) is 17.2 Å². The van der Waals surface area contributed by atoms with Gasteiger partial charge in [-0.3, -0.25) is 0 Å². The molecule has 1 unspecified atom stereocenters. The Balaban J connectivity index is 2.46. The summed E-state index contributed by atoms with van der Waals surface area (Å²) in [6, 6.07) is 0.0298. The highest BCUT2D eigenvalue weighted by Gasteiger charge is 2.47. The van der Waals surface area contributed by atoms with Crippen LogP contribution in [0.25, 0.3) is 0 Å². The highest BCUT2D eigenvalue weighted by Crippen LogP contribution is 2.45. The van der Waals surface area contributed by atoms with Gasteiger partial charge in [-0.15, -0.1) is 0 Å². The van der Waals surface area contributed by atoms with Crippen molar-refractivity contribution in [1.29, 1.82) is 0 Å². The molecule has 0 saturated carbocycles. The molecule has 0 aliphatic carbocycles. The standard InChI is InChI=1S/C12H19ClN2O3S/c1-8-14-10(19(13,16)17)7-15(8)9-6-11(2,3)18-12(9,4)5/h7,9H,6H2,1-5H3. The minimum absolute atomic E-state index is 0.0298. The van der Waals surface area contributed by atoms with Gasteiger partial charge in [0.25, 0.3) is 9.05 Å². The first-order valence-electron chi connectivity index (χ1n) is 6.13. The van der Waals surface area contributed by atoms with E-state index >= 15 is 0 Å². The van der Waals surface area contributed by atoms with Gasteiger partial charge >= 0.3 is 0 Å². The fourth-order valence-corrected chi connectivity index (χ4v) is 3.56. The smallest absolute Gasteiger partial charge is 0.280 e. The predicted molar refractivity (Wildman–Crippen MR) is 72.9 cm³/mol. The molecule has 19 heavy (non-hydrogen) atoms. The Bertz CT molecular complexity index is 604. The Morgan fingerprint density at radius 3 is 2.37 bits per heavy atom. The van der Waals surface area contributed by atoms with Gasteiger partial charge in [0.1, 0.15) is 5.82 Å². The van der Waals surface area contributed by atoms with Gasteiger partial charge in [-0.2, -0.15) is 0 Å². The molecule has 0 radical (unpaired) electrons. The van der Waals surface area contributed by atoms with Gasteiger partial charge in [0.2, 0.25) is 0 Å². The Kier molecular flexibility index (Phi) is 3.27. The normalized spacial score (nSPS) is 25.7. The van der Waals surface area contributed by atoms with Crippen molar-refractivity contribution >= 4 is 19.7 Å². The van der Waals surface area contributed by atoms with Gasteiger partial charge in [0.15, 0.2) is 5.03 Å². The van der Waals surface area contributed by atoms with E-state index in [4.69, 9.17) is 15.4 Å². The SMILES string of the molecule is Cc1nc(S(=O)(=O)Cl)cn1C1CC(C)(C)OC1(C)C. The average molecular weight is 307 g/mol. The van der Waals surface area contributed by atoms with E-state index in [9.17, 15) is 8.42 Å². The van der Waals surface area contributed by atoms with Gasteiger partial charge in [0, 0.05) is 16.9 Å². The number of hydrogen-bond acceptors (Lipinski definition) is 4.